The Bertz CT molecular complexity index is 145. The fourth-order valence-corrected chi connectivity index (χ4v) is 1.67. The van der Waals surface area contributed by atoms with E-state index in [1.165, 1.54) is 25.8 Å². The van der Waals surface area contributed by atoms with Crippen molar-refractivity contribution < 1.29 is 4.74 Å². The molecule has 0 aliphatic rings. The first-order chi connectivity index (χ1) is 6.95. The lowest BCUT2D eigenvalue weighted by Crippen LogP contribution is -2.28. The van der Waals surface area contributed by atoms with E-state index in [1.807, 2.05) is 0 Å². The second kappa shape index (κ2) is 8.54. The minimum Gasteiger partial charge on any atom is -0.375 e. The largest absolute Gasteiger partial charge is 0.375 e. The Morgan fingerprint density at radius 3 is 2.27 bits per heavy atom. The van der Waals surface area contributed by atoms with Gasteiger partial charge in [0.05, 0.1) is 12.2 Å². The molecule has 3 heteroatoms. The first kappa shape index (κ1) is 15.4. The highest BCUT2D eigenvalue weighted by Crippen LogP contribution is 2.06. The zero-order valence-corrected chi connectivity index (χ0v) is 12.3. The molecular weight excluding hydrogens is 254 g/mol. The lowest BCUT2D eigenvalue weighted by Gasteiger charge is -2.22. The number of alkyl halides is 1. The van der Waals surface area contributed by atoms with Crippen LogP contribution in [0.1, 0.15) is 40.0 Å². The predicted octanol–water partition coefficient (Wildman–Crippen LogP) is 3.30. The molecule has 0 bridgehead atoms. The molecule has 0 saturated heterocycles. The highest BCUT2D eigenvalue weighted by Gasteiger charge is 2.09. The molecule has 0 aliphatic heterocycles. The third-order valence-corrected chi connectivity index (χ3v) is 2.74. The maximum atomic E-state index is 5.68. The number of halogens is 1. The fraction of sp³-hybridized carbons (Fsp3) is 1.00. The Morgan fingerprint density at radius 2 is 1.73 bits per heavy atom. The summed E-state index contributed by atoms with van der Waals surface area (Å²) < 4.78 is 5.68. The number of nitrogens with zero attached hydrogens (tertiary/aromatic N) is 1. The van der Waals surface area contributed by atoms with Crippen molar-refractivity contribution >= 4 is 15.9 Å². The molecule has 0 fully saturated rings. The van der Waals surface area contributed by atoms with E-state index < -0.39 is 0 Å². The summed E-state index contributed by atoms with van der Waals surface area (Å²) in [5.74, 6) is 0. The molecule has 0 saturated carbocycles. The number of hydrogen-bond donors (Lipinski definition) is 0. The van der Waals surface area contributed by atoms with Crippen LogP contribution in [0.25, 0.3) is 0 Å². The van der Waals surface area contributed by atoms with Gasteiger partial charge in [0.1, 0.15) is 0 Å². The second-order valence-electron chi connectivity index (χ2n) is 5.01. The summed E-state index contributed by atoms with van der Waals surface area (Å²) in [4.78, 5) is 2.35. The van der Waals surface area contributed by atoms with Gasteiger partial charge < -0.3 is 9.64 Å². The van der Waals surface area contributed by atoms with E-state index in [2.05, 4.69) is 48.6 Å². The molecule has 0 radical (unpaired) electrons. The quantitative estimate of drug-likeness (QED) is 0.499. The summed E-state index contributed by atoms with van der Waals surface area (Å²) in [6, 6.07) is 0. The van der Waals surface area contributed by atoms with Crippen molar-refractivity contribution in [1.82, 2.24) is 4.90 Å². The lowest BCUT2D eigenvalue weighted by atomic mass is 10.2. The fourth-order valence-electron chi connectivity index (χ4n) is 1.27. The van der Waals surface area contributed by atoms with E-state index in [1.54, 1.807) is 0 Å². The van der Waals surface area contributed by atoms with E-state index in [0.717, 1.165) is 18.5 Å². The van der Waals surface area contributed by atoms with Crippen molar-refractivity contribution in [2.24, 2.45) is 0 Å². The maximum absolute atomic E-state index is 5.68. The van der Waals surface area contributed by atoms with Gasteiger partial charge in [-0.05, 0) is 47.2 Å². The SMILES string of the molecule is CN(CCCCCBr)CCOC(C)(C)C. The molecule has 0 spiro atoms. The maximum Gasteiger partial charge on any atom is 0.0600 e. The Kier molecular flexibility index (Phi) is 8.77. The van der Waals surface area contributed by atoms with Gasteiger partial charge in [0.15, 0.2) is 0 Å². The molecule has 0 heterocycles. The van der Waals surface area contributed by atoms with Crippen molar-refractivity contribution in [3.8, 4) is 0 Å². The summed E-state index contributed by atoms with van der Waals surface area (Å²) in [5.41, 5.74) is -0.00317. The van der Waals surface area contributed by atoms with Gasteiger partial charge in [0, 0.05) is 11.9 Å². The van der Waals surface area contributed by atoms with Crippen LogP contribution in [0, 0.1) is 0 Å². The summed E-state index contributed by atoms with van der Waals surface area (Å²) >= 11 is 3.45. The van der Waals surface area contributed by atoms with Crippen molar-refractivity contribution in [3.63, 3.8) is 0 Å². The monoisotopic (exact) mass is 279 g/mol. The molecule has 0 unspecified atom stereocenters. The molecule has 0 aromatic heterocycles. The molecule has 0 aliphatic carbocycles. The van der Waals surface area contributed by atoms with Gasteiger partial charge in [-0.1, -0.05) is 22.4 Å². The zero-order valence-electron chi connectivity index (χ0n) is 10.7. The highest BCUT2D eigenvalue weighted by molar-refractivity contribution is 9.09. The second-order valence-corrected chi connectivity index (χ2v) is 5.81. The van der Waals surface area contributed by atoms with Gasteiger partial charge in [0.2, 0.25) is 0 Å². The van der Waals surface area contributed by atoms with Gasteiger partial charge in [-0.25, -0.2) is 0 Å². The van der Waals surface area contributed by atoms with Crippen LogP contribution in [0.5, 0.6) is 0 Å². The molecule has 0 rings (SSSR count). The third kappa shape index (κ3) is 12.3. The molecule has 92 valence electrons. The zero-order chi connectivity index (χ0) is 11.7. The molecular formula is C12H26BrNO. The van der Waals surface area contributed by atoms with Crippen molar-refractivity contribution in [2.75, 3.05) is 32.1 Å². The molecule has 2 nitrogen and oxygen atoms in total. The van der Waals surface area contributed by atoms with Crippen LogP contribution in [0.15, 0.2) is 0 Å². The average molecular weight is 280 g/mol. The minimum absolute atomic E-state index is 0.00317. The first-order valence-electron chi connectivity index (χ1n) is 5.84. The summed E-state index contributed by atoms with van der Waals surface area (Å²) in [6.07, 6.45) is 3.89. The highest BCUT2D eigenvalue weighted by atomic mass is 79.9. The number of hydrogen-bond acceptors (Lipinski definition) is 2. The number of ether oxygens (including phenoxy) is 1. The average Bonchev–Trinajstić information content (AvgIpc) is 2.10. The van der Waals surface area contributed by atoms with Gasteiger partial charge in [-0.15, -0.1) is 0 Å². The normalized spacial score (nSPS) is 12.4. The van der Waals surface area contributed by atoms with Crippen molar-refractivity contribution in [1.29, 1.82) is 0 Å². The van der Waals surface area contributed by atoms with Gasteiger partial charge >= 0.3 is 0 Å². The van der Waals surface area contributed by atoms with Crippen LogP contribution in [0.3, 0.4) is 0 Å². The van der Waals surface area contributed by atoms with Crippen LogP contribution < -0.4 is 0 Å². The van der Waals surface area contributed by atoms with Crippen LogP contribution in [-0.4, -0.2) is 42.6 Å². The van der Waals surface area contributed by atoms with Gasteiger partial charge in [-0.2, -0.15) is 0 Å². The number of likely N-dealkylation sites (N-methyl/N-ethyl adjacent to an activating group) is 1. The van der Waals surface area contributed by atoms with E-state index in [4.69, 9.17) is 4.74 Å². The Balaban J connectivity index is 3.29. The third-order valence-electron chi connectivity index (χ3n) is 2.18. The van der Waals surface area contributed by atoms with Crippen LogP contribution in [0.2, 0.25) is 0 Å². The Hall–Kier alpha value is 0.400. The van der Waals surface area contributed by atoms with Crippen molar-refractivity contribution in [2.45, 2.75) is 45.6 Å². The Labute approximate surface area is 103 Å². The summed E-state index contributed by atoms with van der Waals surface area (Å²) in [7, 11) is 2.17. The topological polar surface area (TPSA) is 12.5 Å². The summed E-state index contributed by atoms with van der Waals surface area (Å²) in [5, 5.41) is 1.13. The van der Waals surface area contributed by atoms with Crippen LogP contribution in [0.4, 0.5) is 0 Å². The number of unbranched alkanes of at least 4 members (excludes halogenated alkanes) is 2. The van der Waals surface area contributed by atoms with Gasteiger partial charge in [0.25, 0.3) is 0 Å². The van der Waals surface area contributed by atoms with Gasteiger partial charge in [-0.3, -0.25) is 0 Å². The van der Waals surface area contributed by atoms with E-state index in [-0.39, 0.29) is 5.60 Å². The molecule has 15 heavy (non-hydrogen) atoms. The van der Waals surface area contributed by atoms with E-state index in [0.29, 0.717) is 0 Å². The predicted molar refractivity (Wildman–Crippen MR) is 70.8 cm³/mol. The standard InChI is InChI=1S/C12H26BrNO/c1-12(2,3)15-11-10-14(4)9-7-5-6-8-13/h5-11H2,1-4H3. The molecule has 0 aromatic rings. The summed E-state index contributed by atoms with van der Waals surface area (Å²) in [6.45, 7) is 9.35. The minimum atomic E-state index is -0.00317. The van der Waals surface area contributed by atoms with Crippen molar-refractivity contribution in [3.05, 3.63) is 0 Å². The number of rotatable bonds is 8. The molecule has 0 atom stereocenters. The molecule has 0 N–H and O–H groups in total. The Morgan fingerprint density at radius 1 is 1.07 bits per heavy atom. The van der Waals surface area contributed by atoms with E-state index in [9.17, 15) is 0 Å². The molecule has 0 aromatic carbocycles. The van der Waals surface area contributed by atoms with Crippen LogP contribution in [-0.2, 0) is 4.74 Å². The van der Waals surface area contributed by atoms with E-state index >= 15 is 0 Å². The lowest BCUT2D eigenvalue weighted by molar-refractivity contribution is -0.0108. The molecule has 0 amide bonds. The smallest absolute Gasteiger partial charge is 0.0600 e. The van der Waals surface area contributed by atoms with Crippen LogP contribution >= 0.6 is 15.9 Å². The first-order valence-corrected chi connectivity index (χ1v) is 6.96.